The van der Waals surface area contributed by atoms with Gasteiger partial charge >= 0.3 is 0 Å². The summed E-state index contributed by atoms with van der Waals surface area (Å²) < 4.78 is 0. The molecule has 2 rings (SSSR count). The number of carbonyl (C=O) groups excluding carboxylic acids is 1. The minimum Gasteiger partial charge on any atom is -0.370 e. The van der Waals surface area contributed by atoms with Crippen LogP contribution in [0.1, 0.15) is 31.4 Å². The van der Waals surface area contributed by atoms with Crippen LogP contribution < -0.4 is 11.1 Å². The highest BCUT2D eigenvalue weighted by atomic mass is 16.1. The Labute approximate surface area is 113 Å². The van der Waals surface area contributed by atoms with E-state index in [-0.39, 0.29) is 18.4 Å². The summed E-state index contributed by atoms with van der Waals surface area (Å²) in [5, 5.41) is 4.44. The van der Waals surface area contributed by atoms with Crippen molar-refractivity contribution >= 4 is 16.8 Å². The van der Waals surface area contributed by atoms with Crippen LogP contribution in [0.5, 0.6) is 0 Å². The minimum absolute atomic E-state index is 0.0731. The summed E-state index contributed by atoms with van der Waals surface area (Å²) in [7, 11) is 0. The number of pyridine rings is 1. The van der Waals surface area contributed by atoms with Crippen LogP contribution in [-0.2, 0) is 4.79 Å². The summed E-state index contributed by atoms with van der Waals surface area (Å²) in [5.41, 5.74) is 7.31. The highest BCUT2D eigenvalue weighted by molar-refractivity contribution is 5.83. The van der Waals surface area contributed by atoms with Gasteiger partial charge < -0.3 is 11.1 Å². The predicted molar refractivity (Wildman–Crippen MR) is 76.6 cm³/mol. The zero-order valence-electron chi connectivity index (χ0n) is 11.1. The molecule has 4 nitrogen and oxygen atoms in total. The first kappa shape index (κ1) is 13.5. The molecule has 1 aromatic carbocycles. The largest absolute Gasteiger partial charge is 0.370 e. The van der Waals surface area contributed by atoms with Gasteiger partial charge in [-0.3, -0.25) is 9.78 Å². The van der Waals surface area contributed by atoms with E-state index < -0.39 is 0 Å². The Hall–Kier alpha value is -1.94. The fourth-order valence-corrected chi connectivity index (χ4v) is 2.22. The van der Waals surface area contributed by atoms with Crippen molar-refractivity contribution in [1.29, 1.82) is 0 Å². The zero-order valence-corrected chi connectivity index (χ0v) is 11.1. The molecule has 0 aliphatic heterocycles. The van der Waals surface area contributed by atoms with Gasteiger partial charge in [0.25, 0.3) is 0 Å². The van der Waals surface area contributed by atoms with Gasteiger partial charge in [0.15, 0.2) is 0 Å². The monoisotopic (exact) mass is 257 g/mol. The summed E-state index contributed by atoms with van der Waals surface area (Å²) in [4.78, 5) is 15.7. The van der Waals surface area contributed by atoms with Crippen molar-refractivity contribution in [3.8, 4) is 0 Å². The number of hydrogen-bond acceptors (Lipinski definition) is 3. The molecule has 0 radical (unpaired) electrons. The van der Waals surface area contributed by atoms with E-state index in [4.69, 9.17) is 5.73 Å². The van der Waals surface area contributed by atoms with E-state index in [2.05, 4.69) is 17.2 Å². The summed E-state index contributed by atoms with van der Waals surface area (Å²) in [6, 6.07) is 9.87. The van der Waals surface area contributed by atoms with E-state index in [1.54, 1.807) is 6.20 Å². The Bertz CT molecular complexity index is 563. The van der Waals surface area contributed by atoms with E-state index >= 15 is 0 Å². The lowest BCUT2D eigenvalue weighted by molar-refractivity contribution is -0.118. The number of para-hydroxylation sites is 1. The van der Waals surface area contributed by atoms with Gasteiger partial charge in [0.05, 0.1) is 5.52 Å². The average Bonchev–Trinajstić information content (AvgIpc) is 2.42. The van der Waals surface area contributed by atoms with Crippen molar-refractivity contribution < 1.29 is 4.79 Å². The van der Waals surface area contributed by atoms with Crippen LogP contribution >= 0.6 is 0 Å². The number of nitrogens with zero attached hydrogens (tertiary/aromatic N) is 1. The molecule has 2 aromatic rings. The van der Waals surface area contributed by atoms with Crippen molar-refractivity contribution in [3.63, 3.8) is 0 Å². The molecule has 0 aliphatic rings. The molecule has 1 atom stereocenters. The standard InChI is InChI=1S/C15H19N3O/c1-2-8-17-13(10-14(16)19)12-7-3-5-11-6-4-9-18-15(11)12/h3-7,9,13,17H,2,8,10H2,1H3,(H2,16,19). The third-order valence-electron chi connectivity index (χ3n) is 3.09. The molecule has 19 heavy (non-hydrogen) atoms. The molecular weight excluding hydrogens is 238 g/mol. The molecular formula is C15H19N3O. The first-order valence-corrected chi connectivity index (χ1v) is 6.57. The van der Waals surface area contributed by atoms with Crippen molar-refractivity contribution in [3.05, 3.63) is 42.1 Å². The number of hydrogen-bond donors (Lipinski definition) is 2. The van der Waals surface area contributed by atoms with Gasteiger partial charge in [0.1, 0.15) is 0 Å². The normalized spacial score (nSPS) is 12.5. The maximum atomic E-state index is 11.2. The van der Waals surface area contributed by atoms with Gasteiger partial charge in [0, 0.05) is 24.0 Å². The molecule has 1 aromatic heterocycles. The van der Waals surface area contributed by atoms with Crippen molar-refractivity contribution in [2.75, 3.05) is 6.54 Å². The molecule has 0 fully saturated rings. The maximum absolute atomic E-state index is 11.2. The second-order valence-corrected chi connectivity index (χ2v) is 4.60. The molecule has 0 saturated heterocycles. The lowest BCUT2D eigenvalue weighted by atomic mass is 10.00. The summed E-state index contributed by atoms with van der Waals surface area (Å²) in [6.45, 7) is 2.94. The van der Waals surface area contributed by atoms with Crippen molar-refractivity contribution in [1.82, 2.24) is 10.3 Å². The third kappa shape index (κ3) is 3.29. The number of aromatic nitrogens is 1. The Kier molecular flexibility index (Phi) is 4.47. The van der Waals surface area contributed by atoms with E-state index in [0.717, 1.165) is 29.4 Å². The van der Waals surface area contributed by atoms with Gasteiger partial charge in [0.2, 0.25) is 5.91 Å². The molecule has 1 amide bonds. The number of fused-ring (bicyclic) bond motifs is 1. The second kappa shape index (κ2) is 6.29. The fraction of sp³-hybridized carbons (Fsp3) is 0.333. The van der Waals surface area contributed by atoms with Gasteiger partial charge in [-0.1, -0.05) is 31.2 Å². The Morgan fingerprint density at radius 1 is 1.37 bits per heavy atom. The number of rotatable bonds is 6. The van der Waals surface area contributed by atoms with E-state index in [1.807, 2.05) is 30.3 Å². The molecule has 1 heterocycles. The van der Waals surface area contributed by atoms with Gasteiger partial charge in [-0.05, 0) is 24.6 Å². The number of amides is 1. The molecule has 0 bridgehead atoms. The molecule has 1 unspecified atom stereocenters. The van der Waals surface area contributed by atoms with E-state index in [9.17, 15) is 4.79 Å². The molecule has 100 valence electrons. The van der Waals surface area contributed by atoms with Crippen LogP contribution in [0.4, 0.5) is 0 Å². The number of nitrogens with two attached hydrogens (primary N) is 1. The van der Waals surface area contributed by atoms with Crippen LogP contribution in [0.2, 0.25) is 0 Å². The molecule has 0 spiro atoms. The van der Waals surface area contributed by atoms with Crippen LogP contribution in [0.25, 0.3) is 10.9 Å². The van der Waals surface area contributed by atoms with Gasteiger partial charge in [-0.2, -0.15) is 0 Å². The summed E-state index contributed by atoms with van der Waals surface area (Å²) in [6.07, 6.45) is 3.07. The zero-order chi connectivity index (χ0) is 13.7. The number of nitrogens with one attached hydrogen (secondary N) is 1. The van der Waals surface area contributed by atoms with Crippen LogP contribution in [0.15, 0.2) is 36.5 Å². The number of primary amides is 1. The number of benzene rings is 1. The fourth-order valence-electron chi connectivity index (χ4n) is 2.22. The smallest absolute Gasteiger partial charge is 0.219 e. The maximum Gasteiger partial charge on any atom is 0.219 e. The molecule has 0 saturated carbocycles. The lowest BCUT2D eigenvalue weighted by Gasteiger charge is -2.18. The topological polar surface area (TPSA) is 68.0 Å². The SMILES string of the molecule is CCCNC(CC(N)=O)c1cccc2cccnc12. The van der Waals surface area contributed by atoms with Crippen molar-refractivity contribution in [2.45, 2.75) is 25.8 Å². The molecule has 4 heteroatoms. The lowest BCUT2D eigenvalue weighted by Crippen LogP contribution is -2.27. The summed E-state index contributed by atoms with van der Waals surface area (Å²) in [5.74, 6) is -0.304. The minimum atomic E-state index is -0.304. The average molecular weight is 257 g/mol. The van der Waals surface area contributed by atoms with Crippen LogP contribution in [0, 0.1) is 0 Å². The number of carbonyl (C=O) groups is 1. The summed E-state index contributed by atoms with van der Waals surface area (Å²) >= 11 is 0. The van der Waals surface area contributed by atoms with Crippen molar-refractivity contribution in [2.24, 2.45) is 5.73 Å². The van der Waals surface area contributed by atoms with Crippen LogP contribution in [0.3, 0.4) is 0 Å². The molecule has 3 N–H and O–H groups in total. The van der Waals surface area contributed by atoms with Gasteiger partial charge in [-0.25, -0.2) is 0 Å². The Morgan fingerprint density at radius 3 is 2.89 bits per heavy atom. The third-order valence-corrected chi connectivity index (χ3v) is 3.09. The van der Waals surface area contributed by atoms with E-state index in [0.29, 0.717) is 0 Å². The highest BCUT2D eigenvalue weighted by Crippen LogP contribution is 2.24. The van der Waals surface area contributed by atoms with Crippen LogP contribution in [-0.4, -0.2) is 17.4 Å². The van der Waals surface area contributed by atoms with E-state index in [1.165, 1.54) is 0 Å². The first-order chi connectivity index (χ1) is 9.22. The highest BCUT2D eigenvalue weighted by Gasteiger charge is 2.16. The van der Waals surface area contributed by atoms with Gasteiger partial charge in [-0.15, -0.1) is 0 Å². The first-order valence-electron chi connectivity index (χ1n) is 6.57. The Balaban J connectivity index is 2.39. The Morgan fingerprint density at radius 2 is 2.16 bits per heavy atom. The second-order valence-electron chi connectivity index (χ2n) is 4.60. The predicted octanol–water partition coefficient (Wildman–Crippen LogP) is 2.15. The molecule has 0 aliphatic carbocycles. The quantitative estimate of drug-likeness (QED) is 0.833.